The molecular formula is C37H24F12N2O6. The van der Waals surface area contributed by atoms with Crippen LogP contribution in [0.15, 0.2) is 66.2 Å². The lowest BCUT2D eigenvalue weighted by atomic mass is 9.57. The molecule has 0 radical (unpaired) electrons. The van der Waals surface area contributed by atoms with Crippen molar-refractivity contribution in [2.24, 2.45) is 29.6 Å². The van der Waals surface area contributed by atoms with Crippen molar-refractivity contribution in [2.75, 3.05) is 16.9 Å². The minimum atomic E-state index is -5.37. The molecule has 4 amide bonds. The van der Waals surface area contributed by atoms with Crippen LogP contribution in [0.2, 0.25) is 0 Å². The van der Waals surface area contributed by atoms with Crippen LogP contribution in [0.3, 0.4) is 0 Å². The summed E-state index contributed by atoms with van der Waals surface area (Å²) in [5.41, 5.74) is -9.21. The molecule has 8 nitrogen and oxygen atoms in total. The smallest absolute Gasteiger partial charge is 0.416 e. The molecule has 1 N–H and O–H groups in total. The number of hydrogen-bond acceptors (Lipinski definition) is 6. The fraction of sp³-hybridized carbons (Fsp3) is 0.351. The summed E-state index contributed by atoms with van der Waals surface area (Å²) in [4.78, 5) is 56.9. The average molecular weight is 821 g/mol. The van der Waals surface area contributed by atoms with Gasteiger partial charge in [0.15, 0.2) is 0 Å². The molecule has 20 heteroatoms. The van der Waals surface area contributed by atoms with E-state index in [0.29, 0.717) is 0 Å². The van der Waals surface area contributed by atoms with Crippen molar-refractivity contribution in [3.05, 3.63) is 94.1 Å². The summed E-state index contributed by atoms with van der Waals surface area (Å²) in [5, 5.41) is 10.2. The fourth-order valence-corrected chi connectivity index (χ4v) is 8.54. The Balaban J connectivity index is 1.37. The van der Waals surface area contributed by atoms with Crippen molar-refractivity contribution < 1.29 is 81.7 Å². The average Bonchev–Trinajstić information content (AvgIpc) is 3.52. The number of nitrogens with zero attached hydrogens (tertiary/aromatic N) is 2. The van der Waals surface area contributed by atoms with E-state index >= 15 is 0 Å². The topological polar surface area (TPSA) is 104 Å². The van der Waals surface area contributed by atoms with E-state index in [2.05, 4.69) is 0 Å². The maximum absolute atomic E-state index is 14.3. The predicted molar refractivity (Wildman–Crippen MR) is 170 cm³/mol. The zero-order chi connectivity index (χ0) is 41.9. The third-order valence-electron chi connectivity index (χ3n) is 10.9. The molecule has 2 heterocycles. The Bertz CT molecular complexity index is 2200. The summed E-state index contributed by atoms with van der Waals surface area (Å²) in [6.07, 6.45) is -20.9. The van der Waals surface area contributed by atoms with Gasteiger partial charge in [-0.1, -0.05) is 17.7 Å². The van der Waals surface area contributed by atoms with Gasteiger partial charge in [-0.25, -0.2) is 9.80 Å². The highest BCUT2D eigenvalue weighted by molar-refractivity contribution is 6.24. The number of allylic oxidation sites excluding steroid dienone is 2. The highest BCUT2D eigenvalue weighted by atomic mass is 19.4. The fourth-order valence-electron chi connectivity index (χ4n) is 8.54. The first-order valence-corrected chi connectivity index (χ1v) is 16.7. The number of ether oxygens (including phenoxy) is 1. The van der Waals surface area contributed by atoms with Crippen molar-refractivity contribution in [3.63, 3.8) is 0 Å². The third-order valence-corrected chi connectivity index (χ3v) is 10.9. The van der Waals surface area contributed by atoms with Gasteiger partial charge in [0.25, 0.3) is 0 Å². The maximum atomic E-state index is 14.3. The molecule has 7 rings (SSSR count). The van der Waals surface area contributed by atoms with Crippen LogP contribution < -0.4 is 14.5 Å². The Morgan fingerprint density at radius 3 is 1.46 bits per heavy atom. The molecule has 57 heavy (non-hydrogen) atoms. The first-order chi connectivity index (χ1) is 26.3. The van der Waals surface area contributed by atoms with Crippen LogP contribution in [0.4, 0.5) is 64.1 Å². The van der Waals surface area contributed by atoms with Crippen molar-refractivity contribution >= 4 is 35.0 Å². The number of hydrogen-bond donors (Lipinski definition) is 1. The Hall–Kier alpha value is -5.56. The molecule has 2 aliphatic heterocycles. The second-order valence-corrected chi connectivity index (χ2v) is 14.0. The van der Waals surface area contributed by atoms with Gasteiger partial charge in [0, 0.05) is 17.5 Å². The number of rotatable bonds is 4. The van der Waals surface area contributed by atoms with Crippen LogP contribution >= 0.6 is 0 Å². The summed E-state index contributed by atoms with van der Waals surface area (Å²) in [6, 6.07) is 3.84. The third kappa shape index (κ3) is 6.55. The van der Waals surface area contributed by atoms with Crippen molar-refractivity contribution in [2.45, 2.75) is 43.5 Å². The van der Waals surface area contributed by atoms with Gasteiger partial charge in [-0.05, 0) is 61.2 Å². The second-order valence-electron chi connectivity index (χ2n) is 14.0. The number of imide groups is 2. The van der Waals surface area contributed by atoms with Gasteiger partial charge in [0.05, 0.1) is 64.4 Å². The zero-order valence-electron chi connectivity index (χ0n) is 28.6. The summed E-state index contributed by atoms with van der Waals surface area (Å²) in [7, 11) is 1.15. The number of alkyl halides is 12. The SMILES string of the molecule is COc1cc(O)ccc1[C@H]1C2=CC[C@@H]3C(=O)N(c4cc(C(F)(F)F)cc(C(F)(F)F)c4)C(=O)[C@@H]3[C@@H]2C[C@H]2C(=O)N(c3cc(C(F)(F)F)cc(C(F)(F)F)c3)C(=O)[C@@H]12. The molecule has 0 unspecified atom stereocenters. The lowest BCUT2D eigenvalue weighted by Gasteiger charge is -2.44. The number of halogens is 12. The molecule has 4 aliphatic rings. The van der Waals surface area contributed by atoms with E-state index < -0.39 is 124 Å². The molecule has 3 aromatic rings. The predicted octanol–water partition coefficient (Wildman–Crippen LogP) is 8.52. The molecule has 0 bridgehead atoms. The van der Waals surface area contributed by atoms with Crippen LogP contribution in [-0.2, 0) is 43.9 Å². The Morgan fingerprint density at radius 1 is 0.579 bits per heavy atom. The number of anilines is 2. The first kappa shape index (κ1) is 39.7. The van der Waals surface area contributed by atoms with Gasteiger partial charge in [0.2, 0.25) is 23.6 Å². The molecule has 6 atom stereocenters. The number of methoxy groups -OCH3 is 1. The number of phenols is 1. The van der Waals surface area contributed by atoms with Crippen molar-refractivity contribution in [1.29, 1.82) is 0 Å². The maximum Gasteiger partial charge on any atom is 0.416 e. The van der Waals surface area contributed by atoms with E-state index in [1.807, 2.05) is 0 Å². The van der Waals surface area contributed by atoms with Crippen molar-refractivity contribution in [3.8, 4) is 11.5 Å². The molecule has 2 aliphatic carbocycles. The van der Waals surface area contributed by atoms with Gasteiger partial charge in [-0.2, -0.15) is 52.7 Å². The minimum Gasteiger partial charge on any atom is -0.508 e. The van der Waals surface area contributed by atoms with Gasteiger partial charge in [0.1, 0.15) is 11.5 Å². The normalized spacial score (nSPS) is 25.4. The number of amides is 4. The molecule has 2 saturated heterocycles. The van der Waals surface area contributed by atoms with Gasteiger partial charge < -0.3 is 9.84 Å². The van der Waals surface area contributed by atoms with Crippen LogP contribution in [0.5, 0.6) is 11.5 Å². The summed E-state index contributed by atoms with van der Waals surface area (Å²) >= 11 is 0. The number of phenolic OH excluding ortho intramolecular Hbond substituents is 1. The standard InChI is InChI=1S/C37H24F12N2O6/c1-57-26-12-20(52)2-3-22(26)27-21-4-5-23-28(32(55)50(30(23)53)18-8-14(34(38,39)40)6-15(9-18)35(41,42)43)24(21)13-25-29(27)33(56)51(31(25)54)19-10-16(36(44,45)46)7-17(11-19)37(47,48)49/h2-4,6-12,23-25,27-29,52H,5,13H2,1H3/t23-,24+,25+,27+,28-,29+/m0/s1. The van der Waals surface area contributed by atoms with Crippen LogP contribution in [0, 0.1) is 29.6 Å². The van der Waals surface area contributed by atoms with E-state index in [1.165, 1.54) is 12.1 Å². The molecule has 3 fully saturated rings. The quantitative estimate of drug-likeness (QED) is 0.161. The lowest BCUT2D eigenvalue weighted by molar-refractivity contribution is -0.144. The molecular weight excluding hydrogens is 796 g/mol. The van der Waals surface area contributed by atoms with Crippen molar-refractivity contribution in [1.82, 2.24) is 0 Å². The molecule has 1 saturated carbocycles. The first-order valence-electron chi connectivity index (χ1n) is 16.7. The largest absolute Gasteiger partial charge is 0.508 e. The van der Waals surface area contributed by atoms with Gasteiger partial charge in [-0.15, -0.1) is 0 Å². The number of aromatic hydroxyl groups is 1. The summed E-state index contributed by atoms with van der Waals surface area (Å²) in [6.45, 7) is 0. The summed E-state index contributed by atoms with van der Waals surface area (Å²) < 4.78 is 171. The van der Waals surface area contributed by atoms with Crippen LogP contribution in [0.1, 0.15) is 46.6 Å². The second kappa shape index (κ2) is 13.0. The van der Waals surface area contributed by atoms with Gasteiger partial charge >= 0.3 is 24.7 Å². The monoisotopic (exact) mass is 820 g/mol. The number of carbonyl (C=O) groups is 4. The molecule has 0 spiro atoms. The zero-order valence-corrected chi connectivity index (χ0v) is 28.6. The van der Waals surface area contributed by atoms with E-state index in [9.17, 15) is 77.0 Å². The Labute approximate surface area is 312 Å². The Kier molecular flexibility index (Phi) is 9.04. The van der Waals surface area contributed by atoms with Crippen LogP contribution in [-0.4, -0.2) is 35.8 Å². The Morgan fingerprint density at radius 2 is 1.02 bits per heavy atom. The highest BCUT2D eigenvalue weighted by Crippen LogP contribution is 2.60. The number of carbonyl (C=O) groups excluding carboxylic acids is 4. The van der Waals surface area contributed by atoms with E-state index in [0.717, 1.165) is 19.2 Å². The molecule has 302 valence electrons. The molecule has 0 aromatic heterocycles. The minimum absolute atomic E-state index is 0.0593. The van der Waals surface area contributed by atoms with E-state index in [-0.39, 0.29) is 75.3 Å². The number of benzene rings is 3. The highest BCUT2D eigenvalue weighted by Gasteiger charge is 2.63. The lowest BCUT2D eigenvalue weighted by Crippen LogP contribution is -2.43. The van der Waals surface area contributed by atoms with E-state index in [1.54, 1.807) is 0 Å². The van der Waals surface area contributed by atoms with Crippen LogP contribution in [0.25, 0.3) is 0 Å². The van der Waals surface area contributed by atoms with E-state index in [4.69, 9.17) is 4.74 Å². The van der Waals surface area contributed by atoms with Gasteiger partial charge in [-0.3, -0.25) is 19.2 Å². The number of fused-ring (bicyclic) bond motifs is 4. The molecule has 3 aromatic carbocycles. The summed E-state index contributed by atoms with van der Waals surface area (Å²) in [5.74, 6) is -14.2.